The van der Waals surface area contributed by atoms with Gasteiger partial charge in [-0.1, -0.05) is 19.8 Å². The van der Waals surface area contributed by atoms with Crippen LogP contribution in [0.25, 0.3) is 0 Å². The maximum Gasteiger partial charge on any atom is 0.266 e. The van der Waals surface area contributed by atoms with E-state index in [1.165, 1.54) is 19.3 Å². The second-order valence-electron chi connectivity index (χ2n) is 6.26. The van der Waals surface area contributed by atoms with Crippen LogP contribution in [-0.2, 0) is 16.3 Å². The average Bonchev–Trinajstić information content (AvgIpc) is 3.01. The molecule has 6 heteroatoms. The number of rotatable bonds is 1. The van der Waals surface area contributed by atoms with Crippen molar-refractivity contribution < 1.29 is 8.42 Å². The fourth-order valence-electron chi connectivity index (χ4n) is 3.98. The number of H-pyrrole nitrogens is 1. The van der Waals surface area contributed by atoms with E-state index in [2.05, 4.69) is 22.1 Å². The normalized spacial score (nSPS) is 33.4. The molecule has 0 amide bonds. The summed E-state index contributed by atoms with van der Waals surface area (Å²) in [6.07, 6.45) is 7.59. The Labute approximate surface area is 120 Å². The van der Waals surface area contributed by atoms with Crippen molar-refractivity contribution >= 4 is 9.84 Å². The summed E-state index contributed by atoms with van der Waals surface area (Å²) in [4.78, 5) is 4.16. The van der Waals surface area contributed by atoms with E-state index in [1.54, 1.807) is 0 Å². The molecule has 2 heterocycles. The summed E-state index contributed by atoms with van der Waals surface area (Å²) in [5, 5.41) is 6.69. The van der Waals surface area contributed by atoms with E-state index in [-0.39, 0.29) is 10.9 Å². The second-order valence-corrected chi connectivity index (χ2v) is 8.19. The maximum absolute atomic E-state index is 12.4. The monoisotopic (exact) mass is 297 g/mol. The standard InChI is InChI=1S/C14H23N3O2S/c1-2-10-7-8-11-9-20(18,19)14-15-13(16-17-14)6-4-3-5-12(10)11/h10-12H,2-9H2,1H3,(H,15,16,17). The van der Waals surface area contributed by atoms with Gasteiger partial charge >= 0.3 is 0 Å². The van der Waals surface area contributed by atoms with Crippen LogP contribution < -0.4 is 0 Å². The van der Waals surface area contributed by atoms with Crippen molar-refractivity contribution in [3.8, 4) is 0 Å². The Morgan fingerprint density at radius 1 is 1.25 bits per heavy atom. The van der Waals surface area contributed by atoms with Crippen molar-refractivity contribution in [2.75, 3.05) is 5.75 Å². The minimum Gasteiger partial charge on any atom is -0.262 e. The number of sulfone groups is 1. The first-order valence-corrected chi connectivity index (χ1v) is 9.39. The quantitative estimate of drug-likeness (QED) is 0.863. The van der Waals surface area contributed by atoms with Crippen molar-refractivity contribution in [2.45, 2.75) is 57.0 Å². The lowest BCUT2D eigenvalue weighted by Crippen LogP contribution is -2.23. The van der Waals surface area contributed by atoms with Gasteiger partial charge in [0.25, 0.3) is 5.16 Å². The second kappa shape index (κ2) is 5.47. The van der Waals surface area contributed by atoms with Gasteiger partial charge in [0.2, 0.25) is 9.84 Å². The molecule has 1 saturated carbocycles. The topological polar surface area (TPSA) is 75.7 Å². The Hall–Kier alpha value is -0.910. The van der Waals surface area contributed by atoms with Crippen molar-refractivity contribution in [3.63, 3.8) is 0 Å². The number of nitrogens with zero attached hydrogens (tertiary/aromatic N) is 2. The van der Waals surface area contributed by atoms with Gasteiger partial charge in [-0.25, -0.2) is 13.4 Å². The van der Waals surface area contributed by atoms with E-state index in [1.807, 2.05) is 0 Å². The average molecular weight is 297 g/mol. The first-order valence-electron chi connectivity index (χ1n) is 7.74. The summed E-state index contributed by atoms with van der Waals surface area (Å²) in [6, 6.07) is 0. The Morgan fingerprint density at radius 2 is 2.10 bits per heavy atom. The number of hydrogen-bond donors (Lipinski definition) is 1. The van der Waals surface area contributed by atoms with Crippen molar-refractivity contribution in [1.82, 2.24) is 15.2 Å². The van der Waals surface area contributed by atoms with E-state index in [0.717, 1.165) is 25.7 Å². The van der Waals surface area contributed by atoms with Crippen LogP contribution >= 0.6 is 0 Å². The summed E-state index contributed by atoms with van der Waals surface area (Å²) >= 11 is 0. The molecule has 1 N–H and O–H groups in total. The van der Waals surface area contributed by atoms with E-state index >= 15 is 0 Å². The third kappa shape index (κ3) is 2.62. The number of fused-ring (bicyclic) bond motifs is 3. The fourth-order valence-corrected chi connectivity index (χ4v) is 5.54. The van der Waals surface area contributed by atoms with Gasteiger partial charge < -0.3 is 0 Å². The van der Waals surface area contributed by atoms with Crippen molar-refractivity contribution in [1.29, 1.82) is 0 Å². The molecule has 20 heavy (non-hydrogen) atoms. The number of hydrogen-bond acceptors (Lipinski definition) is 4. The van der Waals surface area contributed by atoms with Gasteiger partial charge in [-0.15, -0.1) is 5.10 Å². The van der Waals surface area contributed by atoms with Crippen LogP contribution in [0, 0.1) is 17.8 Å². The van der Waals surface area contributed by atoms with Gasteiger partial charge in [-0.3, -0.25) is 5.10 Å². The first kappa shape index (κ1) is 14.0. The van der Waals surface area contributed by atoms with Gasteiger partial charge in [0.1, 0.15) is 5.82 Å². The first-order chi connectivity index (χ1) is 9.60. The number of nitrogens with one attached hydrogen (secondary N) is 1. The maximum atomic E-state index is 12.4. The Bertz CT molecular complexity index is 567. The molecule has 1 aliphatic carbocycles. The molecule has 1 fully saturated rings. The molecule has 2 aliphatic rings. The summed E-state index contributed by atoms with van der Waals surface area (Å²) in [7, 11) is -3.33. The zero-order chi connectivity index (χ0) is 14.2. The van der Waals surface area contributed by atoms with E-state index in [0.29, 0.717) is 23.6 Å². The molecule has 3 atom stereocenters. The predicted molar refractivity (Wildman–Crippen MR) is 76.0 cm³/mol. The molecule has 0 aromatic carbocycles. The molecule has 3 unspecified atom stereocenters. The van der Waals surface area contributed by atoms with Crippen LogP contribution in [-0.4, -0.2) is 29.4 Å². The van der Waals surface area contributed by atoms with Gasteiger partial charge in [0, 0.05) is 6.42 Å². The molecule has 0 saturated heterocycles. The molecule has 3 rings (SSSR count). The molecule has 1 aromatic rings. The molecule has 1 aliphatic heterocycles. The lowest BCUT2D eigenvalue weighted by Gasteiger charge is -2.23. The highest BCUT2D eigenvalue weighted by Gasteiger charge is 2.38. The third-order valence-electron chi connectivity index (χ3n) is 5.07. The summed E-state index contributed by atoms with van der Waals surface area (Å²) in [6.45, 7) is 2.23. The lowest BCUT2D eigenvalue weighted by atomic mass is 9.84. The van der Waals surface area contributed by atoms with Gasteiger partial charge in [-0.2, -0.15) is 0 Å². The molecule has 112 valence electrons. The number of aromatic nitrogens is 3. The Morgan fingerprint density at radius 3 is 2.90 bits per heavy atom. The lowest BCUT2D eigenvalue weighted by molar-refractivity contribution is 0.291. The third-order valence-corrected chi connectivity index (χ3v) is 6.67. The van der Waals surface area contributed by atoms with Gasteiger partial charge in [0.15, 0.2) is 0 Å². The molecule has 0 spiro atoms. The zero-order valence-corrected chi connectivity index (χ0v) is 12.8. The highest BCUT2D eigenvalue weighted by molar-refractivity contribution is 7.91. The van der Waals surface area contributed by atoms with Gasteiger partial charge in [0.05, 0.1) is 5.75 Å². The predicted octanol–water partition coefficient (Wildman–Crippen LogP) is 2.36. The molecule has 5 nitrogen and oxygen atoms in total. The van der Waals surface area contributed by atoms with Crippen LogP contribution in [0.4, 0.5) is 0 Å². The number of aryl methyl sites for hydroxylation is 1. The van der Waals surface area contributed by atoms with E-state index in [9.17, 15) is 8.42 Å². The minimum atomic E-state index is -3.33. The summed E-state index contributed by atoms with van der Waals surface area (Å²) in [5.41, 5.74) is 0. The molecule has 2 bridgehead atoms. The van der Waals surface area contributed by atoms with E-state index in [4.69, 9.17) is 0 Å². The zero-order valence-electron chi connectivity index (χ0n) is 12.0. The smallest absolute Gasteiger partial charge is 0.262 e. The van der Waals surface area contributed by atoms with Gasteiger partial charge in [-0.05, 0) is 43.4 Å². The minimum absolute atomic E-state index is 0.00750. The highest BCUT2D eigenvalue weighted by atomic mass is 32.2. The fraction of sp³-hybridized carbons (Fsp3) is 0.857. The van der Waals surface area contributed by atoms with Crippen LogP contribution in [0.1, 0.15) is 51.3 Å². The van der Waals surface area contributed by atoms with Crippen LogP contribution in [0.5, 0.6) is 0 Å². The van der Waals surface area contributed by atoms with Crippen LogP contribution in [0.15, 0.2) is 5.16 Å². The highest BCUT2D eigenvalue weighted by Crippen LogP contribution is 2.43. The molecule has 0 radical (unpaired) electrons. The molecular formula is C14H23N3O2S. The Balaban J connectivity index is 1.89. The van der Waals surface area contributed by atoms with Crippen LogP contribution in [0.3, 0.4) is 0 Å². The SMILES string of the molecule is CCC1CCC2CS(=O)(=O)c3n[nH]c(n3)CCCCC12. The van der Waals surface area contributed by atoms with Crippen molar-refractivity contribution in [2.24, 2.45) is 17.8 Å². The Kier molecular flexibility index (Phi) is 3.84. The summed E-state index contributed by atoms with van der Waals surface area (Å²) in [5.74, 6) is 2.52. The van der Waals surface area contributed by atoms with Crippen molar-refractivity contribution in [3.05, 3.63) is 5.82 Å². The summed E-state index contributed by atoms with van der Waals surface area (Å²) < 4.78 is 24.9. The van der Waals surface area contributed by atoms with E-state index < -0.39 is 9.84 Å². The number of aromatic amines is 1. The molecular weight excluding hydrogens is 274 g/mol. The van der Waals surface area contributed by atoms with Crippen LogP contribution in [0.2, 0.25) is 0 Å². The molecule has 1 aromatic heterocycles. The largest absolute Gasteiger partial charge is 0.266 e.